The Balaban J connectivity index is 0.00000156. The average molecular weight is 334 g/mol. The average Bonchev–Trinajstić information content (AvgIpc) is 3.02. The van der Waals surface area contributed by atoms with Gasteiger partial charge in [-0.15, -0.1) is 22.6 Å². The van der Waals surface area contributed by atoms with Gasteiger partial charge in [0.1, 0.15) is 0 Å². The summed E-state index contributed by atoms with van der Waals surface area (Å²) in [7, 11) is 2.25. The van der Waals surface area contributed by atoms with E-state index in [2.05, 4.69) is 53.3 Å². The van der Waals surface area contributed by atoms with Gasteiger partial charge in [-0.25, -0.2) is 0 Å². The number of aromatic nitrogens is 2. The van der Waals surface area contributed by atoms with Crippen LogP contribution in [0.4, 0.5) is 0 Å². The van der Waals surface area contributed by atoms with Crippen molar-refractivity contribution in [2.24, 2.45) is 0 Å². The minimum absolute atomic E-state index is 0. The van der Waals surface area contributed by atoms with E-state index in [0.717, 1.165) is 5.89 Å². The molecule has 0 radical (unpaired) electrons. The predicted molar refractivity (Wildman–Crippen MR) is 92.1 cm³/mol. The molecule has 2 aliphatic heterocycles. The summed E-state index contributed by atoms with van der Waals surface area (Å²) >= 11 is 0. The van der Waals surface area contributed by atoms with Crippen molar-refractivity contribution in [1.29, 1.82) is 0 Å². The number of hydrogen-bond donors (Lipinski definition) is 0. The minimum Gasteiger partial charge on any atom is -0.425 e. The van der Waals surface area contributed by atoms with E-state index < -0.39 is 0 Å². The van der Waals surface area contributed by atoms with Crippen LogP contribution in [0.15, 0.2) is 28.7 Å². The van der Waals surface area contributed by atoms with Crippen LogP contribution in [0.1, 0.15) is 54.0 Å². The molecule has 4 rings (SSSR count). The molecular formula is C18H24ClN3O. The number of halogens is 1. The molecule has 2 aliphatic rings. The Kier molecular flexibility index (Phi) is 4.47. The highest BCUT2D eigenvalue weighted by molar-refractivity contribution is 5.85. The van der Waals surface area contributed by atoms with Crippen LogP contribution < -0.4 is 0 Å². The molecular weight excluding hydrogens is 310 g/mol. The zero-order chi connectivity index (χ0) is 15.3. The summed E-state index contributed by atoms with van der Waals surface area (Å²) in [5.41, 5.74) is 2.72. The SMILES string of the molecule is Cc1ccc([C@H]2CC3CCC([C@H]2c2nnc(C)o2)N3C)cc1.Cl. The summed E-state index contributed by atoms with van der Waals surface area (Å²) in [6, 6.07) is 10.2. The van der Waals surface area contributed by atoms with Crippen molar-refractivity contribution in [3.8, 4) is 0 Å². The summed E-state index contributed by atoms with van der Waals surface area (Å²) in [5.74, 6) is 2.28. The van der Waals surface area contributed by atoms with Crippen LogP contribution in [0.25, 0.3) is 0 Å². The van der Waals surface area contributed by atoms with Gasteiger partial charge in [-0.2, -0.15) is 0 Å². The van der Waals surface area contributed by atoms with Crippen LogP contribution in [0.5, 0.6) is 0 Å². The van der Waals surface area contributed by atoms with Crippen LogP contribution in [-0.4, -0.2) is 34.2 Å². The number of aryl methyl sites for hydroxylation is 2. The van der Waals surface area contributed by atoms with Crippen molar-refractivity contribution in [3.05, 3.63) is 47.2 Å². The molecule has 1 aromatic carbocycles. The molecule has 2 saturated heterocycles. The maximum absolute atomic E-state index is 5.85. The standard InChI is InChI=1S/C18H23N3O.ClH/c1-11-4-6-13(7-5-11)15-10-14-8-9-16(21(14)3)17(15)18-20-19-12(2)22-18;/h4-7,14-17H,8-10H2,1-3H3;1H/t14?,15-,16?,17+;/m1./s1. The monoisotopic (exact) mass is 333 g/mol. The van der Waals surface area contributed by atoms with E-state index in [4.69, 9.17) is 4.42 Å². The van der Waals surface area contributed by atoms with Crippen LogP contribution in [0.3, 0.4) is 0 Å². The van der Waals surface area contributed by atoms with Crippen molar-refractivity contribution in [2.75, 3.05) is 7.05 Å². The van der Waals surface area contributed by atoms with E-state index in [1.165, 1.54) is 30.4 Å². The molecule has 0 amide bonds. The second-order valence-electron chi connectivity index (χ2n) is 6.90. The second-order valence-corrected chi connectivity index (χ2v) is 6.90. The fourth-order valence-electron chi connectivity index (χ4n) is 4.41. The van der Waals surface area contributed by atoms with Crippen molar-refractivity contribution in [2.45, 2.75) is 57.0 Å². The fourth-order valence-corrected chi connectivity index (χ4v) is 4.41. The molecule has 4 atom stereocenters. The van der Waals surface area contributed by atoms with E-state index >= 15 is 0 Å². The van der Waals surface area contributed by atoms with Gasteiger partial charge >= 0.3 is 0 Å². The Labute approximate surface area is 143 Å². The van der Waals surface area contributed by atoms with Crippen LogP contribution in [-0.2, 0) is 0 Å². The van der Waals surface area contributed by atoms with Gasteiger partial charge in [-0.1, -0.05) is 29.8 Å². The number of fused-ring (bicyclic) bond motifs is 2. The molecule has 124 valence electrons. The lowest BCUT2D eigenvalue weighted by atomic mass is 9.76. The Hall–Kier alpha value is -1.39. The molecule has 0 N–H and O–H groups in total. The van der Waals surface area contributed by atoms with Crippen molar-refractivity contribution in [3.63, 3.8) is 0 Å². The first-order valence-corrected chi connectivity index (χ1v) is 8.22. The molecule has 0 spiro atoms. The number of rotatable bonds is 2. The van der Waals surface area contributed by atoms with Gasteiger partial charge in [0, 0.05) is 19.0 Å². The summed E-state index contributed by atoms with van der Waals surface area (Å²) < 4.78 is 5.85. The highest BCUT2D eigenvalue weighted by Gasteiger charge is 2.48. The van der Waals surface area contributed by atoms with Gasteiger partial charge in [-0.05, 0) is 44.7 Å². The molecule has 23 heavy (non-hydrogen) atoms. The molecule has 1 aromatic heterocycles. The molecule has 2 unspecified atom stereocenters. The number of likely N-dealkylation sites (N-methyl/N-ethyl adjacent to an activating group) is 1. The predicted octanol–water partition coefficient (Wildman–Crippen LogP) is 3.84. The van der Waals surface area contributed by atoms with Crippen molar-refractivity contribution >= 4 is 12.4 Å². The molecule has 2 bridgehead atoms. The summed E-state index contributed by atoms with van der Waals surface area (Å²) in [6.45, 7) is 4.02. The zero-order valence-electron chi connectivity index (χ0n) is 13.9. The zero-order valence-corrected chi connectivity index (χ0v) is 14.7. The minimum atomic E-state index is 0. The number of hydrogen-bond acceptors (Lipinski definition) is 4. The number of benzene rings is 1. The maximum Gasteiger partial charge on any atom is 0.221 e. The smallest absolute Gasteiger partial charge is 0.221 e. The molecule has 0 aliphatic carbocycles. The summed E-state index contributed by atoms with van der Waals surface area (Å²) in [6.07, 6.45) is 3.70. The normalized spacial score (nSPS) is 30.2. The Morgan fingerprint density at radius 3 is 2.48 bits per heavy atom. The van der Waals surface area contributed by atoms with Crippen molar-refractivity contribution in [1.82, 2.24) is 15.1 Å². The largest absolute Gasteiger partial charge is 0.425 e. The summed E-state index contributed by atoms with van der Waals surface area (Å²) in [5, 5.41) is 8.45. The van der Waals surface area contributed by atoms with Crippen LogP contribution >= 0.6 is 12.4 Å². The maximum atomic E-state index is 5.85. The Bertz CT molecular complexity index is 669. The first kappa shape index (κ1) is 16.5. The van der Waals surface area contributed by atoms with Crippen LogP contribution in [0.2, 0.25) is 0 Å². The second kappa shape index (κ2) is 6.25. The van der Waals surface area contributed by atoms with E-state index in [-0.39, 0.29) is 12.4 Å². The molecule has 5 heteroatoms. The highest BCUT2D eigenvalue weighted by atomic mass is 35.5. The highest BCUT2D eigenvalue weighted by Crippen LogP contribution is 2.50. The lowest BCUT2D eigenvalue weighted by Gasteiger charge is -2.41. The quantitative estimate of drug-likeness (QED) is 0.837. The Morgan fingerprint density at radius 1 is 1.09 bits per heavy atom. The van der Waals surface area contributed by atoms with Crippen molar-refractivity contribution < 1.29 is 4.42 Å². The van der Waals surface area contributed by atoms with Gasteiger partial charge in [0.05, 0.1) is 5.92 Å². The van der Waals surface area contributed by atoms with Crippen LogP contribution in [0, 0.1) is 13.8 Å². The topological polar surface area (TPSA) is 42.2 Å². The third-order valence-electron chi connectivity index (χ3n) is 5.60. The molecule has 4 nitrogen and oxygen atoms in total. The van der Waals surface area contributed by atoms with E-state index in [9.17, 15) is 0 Å². The van der Waals surface area contributed by atoms with E-state index in [1.54, 1.807) is 0 Å². The van der Waals surface area contributed by atoms with E-state index in [0.29, 0.717) is 29.8 Å². The number of piperidine rings is 1. The lowest BCUT2D eigenvalue weighted by molar-refractivity contribution is 0.123. The molecule has 2 fully saturated rings. The Morgan fingerprint density at radius 2 is 1.83 bits per heavy atom. The molecule has 2 aromatic rings. The number of nitrogens with zero attached hydrogens (tertiary/aromatic N) is 3. The van der Waals surface area contributed by atoms with E-state index in [1.807, 2.05) is 6.92 Å². The molecule has 0 saturated carbocycles. The van der Waals surface area contributed by atoms with Gasteiger partial charge in [0.25, 0.3) is 0 Å². The lowest BCUT2D eigenvalue weighted by Crippen LogP contribution is -2.44. The van der Waals surface area contributed by atoms with Gasteiger partial charge in [-0.3, -0.25) is 4.90 Å². The first-order valence-electron chi connectivity index (χ1n) is 8.22. The van der Waals surface area contributed by atoms with Gasteiger partial charge in [0.15, 0.2) is 0 Å². The van der Waals surface area contributed by atoms with Gasteiger partial charge < -0.3 is 4.42 Å². The third kappa shape index (κ3) is 2.79. The fraction of sp³-hybridized carbons (Fsp3) is 0.556. The first-order chi connectivity index (χ1) is 10.6. The third-order valence-corrected chi connectivity index (χ3v) is 5.60. The van der Waals surface area contributed by atoms with Gasteiger partial charge in [0.2, 0.25) is 11.8 Å². The summed E-state index contributed by atoms with van der Waals surface area (Å²) in [4.78, 5) is 2.54. The molecule has 3 heterocycles.